The van der Waals surface area contributed by atoms with E-state index in [-0.39, 0.29) is 5.91 Å². The van der Waals surface area contributed by atoms with E-state index in [0.29, 0.717) is 12.1 Å². The molecule has 3 aromatic rings. The van der Waals surface area contributed by atoms with Crippen molar-refractivity contribution in [2.75, 3.05) is 25.5 Å². The first-order chi connectivity index (χ1) is 11.6. The zero-order valence-electron chi connectivity index (χ0n) is 13.8. The summed E-state index contributed by atoms with van der Waals surface area (Å²) >= 11 is 1.69. The number of benzene rings is 1. The number of thiophene rings is 1. The van der Waals surface area contributed by atoms with E-state index in [4.69, 9.17) is 4.42 Å². The van der Waals surface area contributed by atoms with Crippen LogP contribution < -0.4 is 10.2 Å². The van der Waals surface area contributed by atoms with E-state index in [2.05, 4.69) is 17.4 Å². The molecule has 0 unspecified atom stereocenters. The molecule has 4 nitrogen and oxygen atoms in total. The van der Waals surface area contributed by atoms with E-state index in [1.54, 1.807) is 17.6 Å². The summed E-state index contributed by atoms with van der Waals surface area (Å²) < 4.78 is 5.40. The molecule has 0 atom stereocenters. The highest BCUT2D eigenvalue weighted by molar-refractivity contribution is 7.15. The van der Waals surface area contributed by atoms with E-state index in [9.17, 15) is 4.79 Å². The van der Waals surface area contributed by atoms with Crippen LogP contribution in [0.1, 0.15) is 15.2 Å². The maximum atomic E-state index is 12.2. The van der Waals surface area contributed by atoms with Crippen molar-refractivity contribution in [3.63, 3.8) is 0 Å². The molecule has 0 aliphatic rings. The molecule has 1 amide bonds. The van der Waals surface area contributed by atoms with Gasteiger partial charge in [-0.15, -0.1) is 11.3 Å². The van der Waals surface area contributed by atoms with Gasteiger partial charge in [-0.1, -0.05) is 0 Å². The molecule has 2 heterocycles. The molecule has 0 aliphatic carbocycles. The molecule has 0 saturated carbocycles. The average molecular weight is 340 g/mol. The van der Waals surface area contributed by atoms with Crippen molar-refractivity contribution in [2.45, 2.75) is 6.42 Å². The second kappa shape index (κ2) is 7.36. The number of nitrogens with zero attached hydrogens (tertiary/aromatic N) is 1. The van der Waals surface area contributed by atoms with E-state index >= 15 is 0 Å². The van der Waals surface area contributed by atoms with Crippen LogP contribution in [0.5, 0.6) is 0 Å². The number of nitrogens with one attached hydrogen (secondary N) is 1. The number of rotatable bonds is 6. The Kier molecular flexibility index (Phi) is 5.01. The van der Waals surface area contributed by atoms with E-state index in [0.717, 1.165) is 22.7 Å². The summed E-state index contributed by atoms with van der Waals surface area (Å²) in [6.45, 7) is 0.617. The largest absolute Gasteiger partial charge is 0.464 e. The third-order valence-corrected chi connectivity index (χ3v) is 4.89. The molecular formula is C19H20N2O2S. The number of amides is 1. The second-order valence-electron chi connectivity index (χ2n) is 5.69. The number of carbonyl (C=O) groups is 1. The fraction of sp³-hybridized carbons (Fsp3) is 0.211. The monoisotopic (exact) mass is 340 g/mol. The Morgan fingerprint density at radius 1 is 1.12 bits per heavy atom. The third kappa shape index (κ3) is 3.86. The lowest BCUT2D eigenvalue weighted by Crippen LogP contribution is -2.25. The lowest BCUT2D eigenvalue weighted by atomic mass is 10.2. The van der Waals surface area contributed by atoms with E-state index in [1.165, 1.54) is 4.88 Å². The minimum absolute atomic E-state index is 0.0388. The molecule has 0 radical (unpaired) electrons. The summed E-state index contributed by atoms with van der Waals surface area (Å²) in [6, 6.07) is 15.6. The fourth-order valence-electron chi connectivity index (χ4n) is 2.38. The summed E-state index contributed by atoms with van der Waals surface area (Å²) in [5.74, 6) is 0.847. The van der Waals surface area contributed by atoms with Gasteiger partial charge in [-0.05, 0) is 55.0 Å². The van der Waals surface area contributed by atoms with Gasteiger partial charge in [0.1, 0.15) is 5.76 Å². The average Bonchev–Trinajstić information content (AvgIpc) is 3.26. The summed E-state index contributed by atoms with van der Waals surface area (Å²) in [4.78, 5) is 16.5. The normalized spacial score (nSPS) is 10.6. The Bertz CT molecular complexity index is 789. The predicted molar refractivity (Wildman–Crippen MR) is 98.8 cm³/mol. The van der Waals surface area contributed by atoms with E-state index in [1.807, 2.05) is 55.4 Å². The molecule has 0 spiro atoms. The van der Waals surface area contributed by atoms with Crippen molar-refractivity contribution >= 4 is 22.9 Å². The number of carbonyl (C=O) groups excluding carboxylic acids is 1. The van der Waals surface area contributed by atoms with Crippen molar-refractivity contribution in [2.24, 2.45) is 0 Å². The molecular weight excluding hydrogens is 320 g/mol. The number of hydrogen-bond acceptors (Lipinski definition) is 4. The van der Waals surface area contributed by atoms with Crippen molar-refractivity contribution < 1.29 is 9.21 Å². The highest BCUT2D eigenvalue weighted by atomic mass is 32.1. The molecule has 24 heavy (non-hydrogen) atoms. The van der Waals surface area contributed by atoms with Gasteiger partial charge in [0.15, 0.2) is 0 Å². The number of furan rings is 1. The smallest absolute Gasteiger partial charge is 0.251 e. The Morgan fingerprint density at radius 2 is 1.92 bits per heavy atom. The third-order valence-electron chi connectivity index (χ3n) is 3.73. The molecule has 2 aromatic heterocycles. The summed E-state index contributed by atoms with van der Waals surface area (Å²) in [5.41, 5.74) is 1.76. The number of anilines is 1. The van der Waals surface area contributed by atoms with Gasteiger partial charge in [0.2, 0.25) is 0 Å². The van der Waals surface area contributed by atoms with Gasteiger partial charge < -0.3 is 14.6 Å². The highest BCUT2D eigenvalue weighted by Crippen LogP contribution is 2.28. The zero-order chi connectivity index (χ0) is 16.9. The first kappa shape index (κ1) is 16.3. The first-order valence-electron chi connectivity index (χ1n) is 7.81. The first-order valence-corrected chi connectivity index (χ1v) is 8.63. The Balaban J connectivity index is 1.52. The lowest BCUT2D eigenvalue weighted by molar-refractivity contribution is 0.0954. The summed E-state index contributed by atoms with van der Waals surface area (Å²) in [6.07, 6.45) is 2.49. The summed E-state index contributed by atoms with van der Waals surface area (Å²) in [5, 5.41) is 2.97. The van der Waals surface area contributed by atoms with Crippen LogP contribution in [0.15, 0.2) is 59.2 Å². The quantitative estimate of drug-likeness (QED) is 0.736. The van der Waals surface area contributed by atoms with Gasteiger partial charge in [0.05, 0.1) is 11.1 Å². The fourth-order valence-corrected chi connectivity index (χ4v) is 3.35. The van der Waals surface area contributed by atoms with Gasteiger partial charge in [0.25, 0.3) is 5.91 Å². The van der Waals surface area contributed by atoms with Crippen molar-refractivity contribution in [3.8, 4) is 10.6 Å². The van der Waals surface area contributed by atoms with Crippen LogP contribution in [0.2, 0.25) is 0 Å². The van der Waals surface area contributed by atoms with Crippen molar-refractivity contribution in [3.05, 3.63) is 65.2 Å². The van der Waals surface area contributed by atoms with Gasteiger partial charge in [-0.3, -0.25) is 4.79 Å². The minimum Gasteiger partial charge on any atom is -0.464 e. The topological polar surface area (TPSA) is 45.5 Å². The van der Waals surface area contributed by atoms with E-state index < -0.39 is 0 Å². The van der Waals surface area contributed by atoms with Gasteiger partial charge in [0, 0.05) is 36.8 Å². The molecule has 3 rings (SSSR count). The van der Waals surface area contributed by atoms with Crippen molar-refractivity contribution in [1.82, 2.24) is 5.32 Å². The van der Waals surface area contributed by atoms with Crippen LogP contribution in [0.25, 0.3) is 10.6 Å². The molecule has 1 aromatic carbocycles. The highest BCUT2D eigenvalue weighted by Gasteiger charge is 2.08. The standard InChI is InChI=1S/C19H20N2O2S/c1-21(2)15-7-5-14(6-8-15)19(22)20-12-11-16-9-10-18(24-16)17-4-3-13-23-17/h3-10,13H,11-12H2,1-2H3,(H,20,22). The molecule has 0 bridgehead atoms. The van der Waals surface area contributed by atoms with Gasteiger partial charge in [-0.2, -0.15) is 0 Å². The second-order valence-corrected chi connectivity index (χ2v) is 6.86. The SMILES string of the molecule is CN(C)c1ccc(C(=O)NCCc2ccc(-c3ccco3)s2)cc1. The van der Waals surface area contributed by atoms with Crippen LogP contribution in [-0.4, -0.2) is 26.5 Å². The van der Waals surface area contributed by atoms with Crippen LogP contribution >= 0.6 is 11.3 Å². The predicted octanol–water partition coefficient (Wildman–Crippen LogP) is 4.05. The molecule has 0 fully saturated rings. The van der Waals surface area contributed by atoms with Crippen LogP contribution in [0, 0.1) is 0 Å². The Hall–Kier alpha value is -2.53. The molecule has 0 saturated heterocycles. The molecule has 1 N–H and O–H groups in total. The van der Waals surface area contributed by atoms with Crippen LogP contribution in [-0.2, 0) is 6.42 Å². The Morgan fingerprint density at radius 3 is 2.58 bits per heavy atom. The van der Waals surface area contributed by atoms with Crippen LogP contribution in [0.4, 0.5) is 5.69 Å². The van der Waals surface area contributed by atoms with Crippen LogP contribution in [0.3, 0.4) is 0 Å². The molecule has 5 heteroatoms. The van der Waals surface area contributed by atoms with Crippen molar-refractivity contribution in [1.29, 1.82) is 0 Å². The van der Waals surface area contributed by atoms with Gasteiger partial charge >= 0.3 is 0 Å². The molecule has 0 aliphatic heterocycles. The van der Waals surface area contributed by atoms with Gasteiger partial charge in [-0.25, -0.2) is 0 Å². The Labute approximate surface area is 145 Å². The maximum absolute atomic E-state index is 12.2. The minimum atomic E-state index is -0.0388. The number of hydrogen-bond donors (Lipinski definition) is 1. The summed E-state index contributed by atoms with van der Waals surface area (Å²) in [7, 11) is 3.96. The maximum Gasteiger partial charge on any atom is 0.251 e. The molecule has 124 valence electrons. The zero-order valence-corrected chi connectivity index (χ0v) is 14.6. The lowest BCUT2D eigenvalue weighted by Gasteiger charge is -2.12.